The molecule has 1 heterocycles. The molecule has 44 valence electrons. The molecule has 0 N–H and O–H groups in total. The van der Waals surface area contributed by atoms with Gasteiger partial charge in [-0.15, -0.1) is 0 Å². The number of benzene rings is 1. The molecule has 0 unspecified atom stereocenters. The minimum absolute atomic E-state index is 0.610. The molecule has 2 radical (unpaired) electrons. The highest BCUT2D eigenvalue weighted by atomic mass is 15.1. The SMILES string of the molecule is c1ccc2c(c1)[N]C[N]2. The zero-order valence-corrected chi connectivity index (χ0v) is 4.91. The van der Waals surface area contributed by atoms with Crippen LogP contribution >= 0.6 is 0 Å². The fraction of sp³-hybridized carbons (Fsp3) is 0.143. The van der Waals surface area contributed by atoms with Gasteiger partial charge in [0.1, 0.15) is 6.67 Å². The first-order valence-corrected chi connectivity index (χ1v) is 2.91. The lowest BCUT2D eigenvalue weighted by Crippen LogP contribution is -1.96. The van der Waals surface area contributed by atoms with Crippen LogP contribution in [0.25, 0.3) is 0 Å². The summed E-state index contributed by atoms with van der Waals surface area (Å²) >= 11 is 0. The number of hydrogen-bond donors (Lipinski definition) is 0. The van der Waals surface area contributed by atoms with Gasteiger partial charge in [-0.3, -0.25) is 10.6 Å². The van der Waals surface area contributed by atoms with Crippen LogP contribution in [0.1, 0.15) is 0 Å². The summed E-state index contributed by atoms with van der Waals surface area (Å²) in [7, 11) is 0. The maximum atomic E-state index is 4.13. The van der Waals surface area contributed by atoms with Gasteiger partial charge in [-0.1, -0.05) is 12.1 Å². The van der Waals surface area contributed by atoms with Gasteiger partial charge < -0.3 is 0 Å². The second-order valence-corrected chi connectivity index (χ2v) is 1.95. The van der Waals surface area contributed by atoms with E-state index in [2.05, 4.69) is 10.6 Å². The maximum absolute atomic E-state index is 4.13. The smallest absolute Gasteiger partial charge is 0.130 e. The Morgan fingerprint density at radius 3 is 2.11 bits per heavy atom. The zero-order chi connectivity index (χ0) is 6.10. The molecule has 2 heteroatoms. The zero-order valence-electron chi connectivity index (χ0n) is 4.91. The summed E-state index contributed by atoms with van der Waals surface area (Å²) in [6.07, 6.45) is 0. The number of rotatable bonds is 0. The predicted molar refractivity (Wildman–Crippen MR) is 34.9 cm³/mol. The quantitative estimate of drug-likeness (QED) is 0.488. The summed E-state index contributed by atoms with van der Waals surface area (Å²) in [6, 6.07) is 7.91. The molecule has 0 atom stereocenters. The third-order valence-electron chi connectivity index (χ3n) is 1.36. The van der Waals surface area contributed by atoms with Crippen LogP contribution in [0.3, 0.4) is 0 Å². The normalized spacial score (nSPS) is 13.8. The summed E-state index contributed by atoms with van der Waals surface area (Å²) in [6.45, 7) is 0.610. The van der Waals surface area contributed by atoms with Crippen molar-refractivity contribution in [2.75, 3.05) is 6.67 Å². The van der Waals surface area contributed by atoms with E-state index in [-0.39, 0.29) is 0 Å². The second-order valence-electron chi connectivity index (χ2n) is 1.95. The lowest BCUT2D eigenvalue weighted by atomic mass is 10.3. The lowest BCUT2D eigenvalue weighted by Gasteiger charge is -1.89. The van der Waals surface area contributed by atoms with E-state index in [4.69, 9.17) is 0 Å². The van der Waals surface area contributed by atoms with E-state index in [0.717, 1.165) is 11.4 Å². The van der Waals surface area contributed by atoms with Crippen molar-refractivity contribution in [1.29, 1.82) is 0 Å². The summed E-state index contributed by atoms with van der Waals surface area (Å²) in [5.74, 6) is 0. The third kappa shape index (κ3) is 0.633. The van der Waals surface area contributed by atoms with E-state index < -0.39 is 0 Å². The van der Waals surface area contributed by atoms with Gasteiger partial charge in [-0.25, -0.2) is 0 Å². The van der Waals surface area contributed by atoms with Gasteiger partial charge in [0.25, 0.3) is 0 Å². The van der Waals surface area contributed by atoms with Crippen LogP contribution in [0.2, 0.25) is 0 Å². The molecule has 1 aromatic rings. The van der Waals surface area contributed by atoms with E-state index >= 15 is 0 Å². The van der Waals surface area contributed by atoms with Crippen molar-refractivity contribution in [3.8, 4) is 0 Å². The first-order valence-electron chi connectivity index (χ1n) is 2.91. The van der Waals surface area contributed by atoms with Crippen molar-refractivity contribution in [3.05, 3.63) is 24.3 Å². The molecule has 0 saturated carbocycles. The summed E-state index contributed by atoms with van der Waals surface area (Å²) < 4.78 is 0. The van der Waals surface area contributed by atoms with E-state index in [1.54, 1.807) is 0 Å². The Balaban J connectivity index is 2.54. The second kappa shape index (κ2) is 1.65. The highest BCUT2D eigenvalue weighted by Gasteiger charge is 2.08. The Labute approximate surface area is 53.9 Å². The molecule has 0 saturated heterocycles. The van der Waals surface area contributed by atoms with Crippen molar-refractivity contribution < 1.29 is 0 Å². The van der Waals surface area contributed by atoms with E-state index in [1.807, 2.05) is 24.3 Å². The molecule has 0 aliphatic carbocycles. The first-order chi connectivity index (χ1) is 4.47. The summed E-state index contributed by atoms with van der Waals surface area (Å²) in [5, 5.41) is 8.27. The Kier molecular flexibility index (Phi) is 0.859. The Morgan fingerprint density at radius 2 is 1.56 bits per heavy atom. The van der Waals surface area contributed by atoms with E-state index in [9.17, 15) is 0 Å². The van der Waals surface area contributed by atoms with Crippen LogP contribution in [0.15, 0.2) is 24.3 Å². The largest absolute Gasteiger partial charge is 0.260 e. The van der Waals surface area contributed by atoms with Crippen LogP contribution < -0.4 is 10.6 Å². The molecule has 2 nitrogen and oxygen atoms in total. The van der Waals surface area contributed by atoms with Gasteiger partial charge in [0.2, 0.25) is 0 Å². The summed E-state index contributed by atoms with van der Waals surface area (Å²) in [5.41, 5.74) is 2.05. The highest BCUT2D eigenvalue weighted by Crippen LogP contribution is 2.24. The molecule has 9 heavy (non-hydrogen) atoms. The van der Waals surface area contributed by atoms with Gasteiger partial charge in [0.15, 0.2) is 0 Å². The molecule has 2 rings (SSSR count). The van der Waals surface area contributed by atoms with Crippen molar-refractivity contribution in [2.45, 2.75) is 0 Å². The molecular formula is C7H6N2. The predicted octanol–water partition coefficient (Wildman–Crippen LogP) is 1.13. The van der Waals surface area contributed by atoms with Crippen molar-refractivity contribution in [1.82, 2.24) is 10.6 Å². The molecule has 0 aromatic heterocycles. The average Bonchev–Trinajstić information content (AvgIpc) is 2.33. The van der Waals surface area contributed by atoms with Crippen molar-refractivity contribution >= 4 is 11.4 Å². The van der Waals surface area contributed by atoms with Crippen LogP contribution in [-0.4, -0.2) is 6.67 Å². The van der Waals surface area contributed by atoms with Gasteiger partial charge in [-0.05, 0) is 12.1 Å². The fourth-order valence-electron chi connectivity index (χ4n) is 0.919. The highest BCUT2D eigenvalue weighted by molar-refractivity contribution is 5.62. The minimum Gasteiger partial charge on any atom is -0.260 e. The van der Waals surface area contributed by atoms with E-state index in [1.165, 1.54) is 0 Å². The number of nitrogens with zero attached hydrogens (tertiary/aromatic N) is 2. The lowest BCUT2D eigenvalue weighted by molar-refractivity contribution is 0.830. The minimum atomic E-state index is 0.610. The topological polar surface area (TPSA) is 28.2 Å². The van der Waals surface area contributed by atoms with Gasteiger partial charge in [-0.2, -0.15) is 0 Å². The van der Waals surface area contributed by atoms with Crippen LogP contribution in [-0.2, 0) is 0 Å². The van der Waals surface area contributed by atoms with Gasteiger partial charge in [0, 0.05) is 0 Å². The van der Waals surface area contributed by atoms with Crippen LogP contribution in [0, 0.1) is 0 Å². The number of fused-ring (bicyclic) bond motifs is 1. The molecule has 0 amide bonds. The van der Waals surface area contributed by atoms with Crippen molar-refractivity contribution in [3.63, 3.8) is 0 Å². The van der Waals surface area contributed by atoms with Crippen LogP contribution in [0.4, 0.5) is 11.4 Å². The average molecular weight is 118 g/mol. The molecule has 0 fully saturated rings. The molecule has 1 aromatic carbocycles. The standard InChI is InChI=1S/C7H6N2/c1-2-4-7-6(3-1)8-5-9-7/h1-4H,5H2. The Morgan fingerprint density at radius 1 is 1.00 bits per heavy atom. The first kappa shape index (κ1) is 4.68. The number of para-hydroxylation sites is 2. The molecule has 1 aliphatic rings. The third-order valence-corrected chi connectivity index (χ3v) is 1.36. The van der Waals surface area contributed by atoms with Gasteiger partial charge in [0.05, 0.1) is 11.4 Å². The van der Waals surface area contributed by atoms with Crippen LogP contribution in [0.5, 0.6) is 0 Å². The van der Waals surface area contributed by atoms with Gasteiger partial charge >= 0.3 is 0 Å². The molecular weight excluding hydrogens is 112 g/mol. The molecule has 0 spiro atoms. The maximum Gasteiger partial charge on any atom is 0.130 e. The number of hydrogen-bond acceptors (Lipinski definition) is 0. The molecule has 0 bridgehead atoms. The van der Waals surface area contributed by atoms with E-state index in [0.29, 0.717) is 6.67 Å². The fourth-order valence-corrected chi connectivity index (χ4v) is 0.919. The van der Waals surface area contributed by atoms with Crippen molar-refractivity contribution in [2.24, 2.45) is 0 Å². The Hall–Kier alpha value is -1.18. The monoisotopic (exact) mass is 118 g/mol. The summed E-state index contributed by atoms with van der Waals surface area (Å²) in [4.78, 5) is 0. The molecule has 1 aliphatic heterocycles. The Bertz CT molecular complexity index is 197.